The minimum absolute atomic E-state index is 0.00954. The summed E-state index contributed by atoms with van der Waals surface area (Å²) in [6.45, 7) is 9.96. The second-order valence-electron chi connectivity index (χ2n) is 8.19. The van der Waals surface area contributed by atoms with Crippen molar-refractivity contribution in [2.45, 2.75) is 76.3 Å². The van der Waals surface area contributed by atoms with Gasteiger partial charge < -0.3 is 18.9 Å². The van der Waals surface area contributed by atoms with Crippen LogP contribution in [0.2, 0.25) is 0 Å². The molecular weight excluding hydrogens is 394 g/mol. The van der Waals surface area contributed by atoms with Crippen molar-refractivity contribution < 1.29 is 27.4 Å². The van der Waals surface area contributed by atoms with E-state index in [2.05, 4.69) is 4.72 Å². The molecule has 1 fully saturated rings. The highest BCUT2D eigenvalue weighted by Crippen LogP contribution is 2.32. The quantitative estimate of drug-likeness (QED) is 0.706. The SMILES string of the molecule is Cc1ccc(S(=O)(=O)NCC2=CC[C@@H](OC(C)C)O[C@@H]3COC(C)(C)O[C@@H]23)cc1. The zero-order valence-corrected chi connectivity index (χ0v) is 18.5. The number of fused-ring (bicyclic) bond motifs is 1. The van der Waals surface area contributed by atoms with E-state index in [0.717, 1.165) is 11.1 Å². The summed E-state index contributed by atoms with van der Waals surface area (Å²) in [6, 6.07) is 6.76. The highest BCUT2D eigenvalue weighted by atomic mass is 32.2. The molecule has 1 aromatic rings. The van der Waals surface area contributed by atoms with Gasteiger partial charge in [0.25, 0.3) is 0 Å². The molecule has 0 bridgehead atoms. The first-order valence-electron chi connectivity index (χ1n) is 9.94. The molecule has 0 radical (unpaired) electrons. The molecule has 0 saturated carbocycles. The summed E-state index contributed by atoms with van der Waals surface area (Å²) in [5, 5.41) is 0. The van der Waals surface area contributed by atoms with Crippen molar-refractivity contribution >= 4 is 10.0 Å². The van der Waals surface area contributed by atoms with Gasteiger partial charge in [0.05, 0.1) is 17.6 Å². The number of nitrogens with one attached hydrogen (secondary N) is 1. The molecule has 0 spiro atoms. The van der Waals surface area contributed by atoms with Gasteiger partial charge >= 0.3 is 0 Å². The molecule has 8 heteroatoms. The average molecular weight is 426 g/mol. The summed E-state index contributed by atoms with van der Waals surface area (Å²) in [5.41, 5.74) is 1.82. The van der Waals surface area contributed by atoms with E-state index in [-0.39, 0.29) is 23.6 Å². The largest absolute Gasteiger partial charge is 0.350 e. The molecule has 1 aromatic carbocycles. The third kappa shape index (κ3) is 5.87. The monoisotopic (exact) mass is 425 g/mol. The number of benzene rings is 1. The Hall–Kier alpha value is -1.29. The van der Waals surface area contributed by atoms with Crippen LogP contribution in [-0.2, 0) is 29.0 Å². The van der Waals surface area contributed by atoms with Crippen LogP contribution in [0.3, 0.4) is 0 Å². The first-order chi connectivity index (χ1) is 13.6. The van der Waals surface area contributed by atoms with Gasteiger partial charge in [0.1, 0.15) is 12.2 Å². The first kappa shape index (κ1) is 22.4. The Kier molecular flexibility index (Phi) is 6.82. The summed E-state index contributed by atoms with van der Waals surface area (Å²) < 4.78 is 51.9. The summed E-state index contributed by atoms with van der Waals surface area (Å²) in [6.07, 6.45) is 1.26. The van der Waals surface area contributed by atoms with E-state index in [1.54, 1.807) is 24.3 Å². The molecule has 3 rings (SSSR count). The molecule has 29 heavy (non-hydrogen) atoms. The van der Waals surface area contributed by atoms with Gasteiger partial charge in [-0.05, 0) is 52.3 Å². The molecule has 0 aliphatic carbocycles. The maximum atomic E-state index is 12.7. The number of hydrogen-bond acceptors (Lipinski definition) is 6. The van der Waals surface area contributed by atoms with Gasteiger partial charge in [-0.2, -0.15) is 0 Å². The smallest absolute Gasteiger partial charge is 0.240 e. The maximum Gasteiger partial charge on any atom is 0.240 e. The summed E-state index contributed by atoms with van der Waals surface area (Å²) in [4.78, 5) is 0.236. The van der Waals surface area contributed by atoms with Crippen LogP contribution in [0, 0.1) is 6.92 Å². The summed E-state index contributed by atoms with van der Waals surface area (Å²) in [7, 11) is -3.64. The minimum Gasteiger partial charge on any atom is -0.350 e. The minimum atomic E-state index is -3.64. The van der Waals surface area contributed by atoms with Gasteiger partial charge in [0.2, 0.25) is 10.0 Å². The molecule has 1 N–H and O–H groups in total. The van der Waals surface area contributed by atoms with Crippen LogP contribution in [0.4, 0.5) is 0 Å². The standard InChI is InChI=1S/C21H31NO6S/c1-14(2)26-19-11-8-16(20-18(27-19)13-25-21(4,5)28-20)12-22-29(23,24)17-9-6-15(3)7-10-17/h6-10,14,18-20,22H,11-13H2,1-5H3/t18-,19+,20+/m1/s1. The van der Waals surface area contributed by atoms with Gasteiger partial charge in [-0.1, -0.05) is 23.8 Å². The molecule has 2 aliphatic heterocycles. The Morgan fingerprint density at radius 3 is 2.59 bits per heavy atom. The van der Waals surface area contributed by atoms with Crippen molar-refractivity contribution in [2.24, 2.45) is 0 Å². The number of rotatable bonds is 6. The van der Waals surface area contributed by atoms with Gasteiger partial charge in [0, 0.05) is 13.0 Å². The van der Waals surface area contributed by atoms with Crippen molar-refractivity contribution in [2.75, 3.05) is 13.2 Å². The van der Waals surface area contributed by atoms with Gasteiger partial charge in [-0.15, -0.1) is 0 Å². The number of ether oxygens (including phenoxy) is 4. The number of aryl methyl sites for hydroxylation is 1. The molecule has 2 aliphatic rings. The Morgan fingerprint density at radius 2 is 1.93 bits per heavy atom. The van der Waals surface area contributed by atoms with Crippen LogP contribution < -0.4 is 4.72 Å². The van der Waals surface area contributed by atoms with Crippen molar-refractivity contribution in [1.29, 1.82) is 0 Å². The van der Waals surface area contributed by atoms with E-state index in [0.29, 0.717) is 13.0 Å². The Balaban J connectivity index is 1.78. The molecule has 3 atom stereocenters. The van der Waals surface area contributed by atoms with Crippen LogP contribution in [-0.4, -0.2) is 52.0 Å². The van der Waals surface area contributed by atoms with Gasteiger partial charge in [-0.25, -0.2) is 13.1 Å². The zero-order chi connectivity index (χ0) is 21.2. The molecule has 7 nitrogen and oxygen atoms in total. The molecule has 162 valence electrons. The lowest BCUT2D eigenvalue weighted by Gasteiger charge is -2.41. The summed E-state index contributed by atoms with van der Waals surface area (Å²) >= 11 is 0. The molecule has 0 unspecified atom stereocenters. The van der Waals surface area contributed by atoms with Gasteiger partial charge in [-0.3, -0.25) is 0 Å². The fraction of sp³-hybridized carbons (Fsp3) is 0.619. The van der Waals surface area contributed by atoms with E-state index in [1.807, 2.05) is 40.7 Å². The zero-order valence-electron chi connectivity index (χ0n) is 17.7. The second kappa shape index (κ2) is 8.83. The Labute approximate surface area is 173 Å². The second-order valence-corrected chi connectivity index (χ2v) is 9.96. The van der Waals surface area contributed by atoms with E-state index in [4.69, 9.17) is 18.9 Å². The van der Waals surface area contributed by atoms with Crippen LogP contribution in [0.25, 0.3) is 0 Å². The van der Waals surface area contributed by atoms with Crippen LogP contribution in [0.5, 0.6) is 0 Å². The van der Waals surface area contributed by atoms with Crippen LogP contribution in [0.1, 0.15) is 39.7 Å². The van der Waals surface area contributed by atoms with Crippen molar-refractivity contribution in [3.8, 4) is 0 Å². The van der Waals surface area contributed by atoms with Crippen molar-refractivity contribution in [1.82, 2.24) is 4.72 Å². The lowest BCUT2D eigenvalue weighted by molar-refractivity contribution is -0.320. The van der Waals surface area contributed by atoms with Gasteiger partial charge in [0.15, 0.2) is 12.1 Å². The Morgan fingerprint density at radius 1 is 1.24 bits per heavy atom. The maximum absolute atomic E-state index is 12.7. The van der Waals surface area contributed by atoms with Crippen molar-refractivity contribution in [3.05, 3.63) is 41.5 Å². The summed E-state index contributed by atoms with van der Waals surface area (Å²) in [5.74, 6) is -0.780. The number of sulfonamides is 1. The lowest BCUT2D eigenvalue weighted by atomic mass is 10.0. The topological polar surface area (TPSA) is 83.1 Å². The fourth-order valence-electron chi connectivity index (χ4n) is 3.37. The molecule has 1 saturated heterocycles. The van der Waals surface area contributed by atoms with E-state index < -0.39 is 28.2 Å². The molecular formula is C21H31NO6S. The predicted octanol–water partition coefficient (Wildman–Crippen LogP) is 2.89. The molecule has 0 amide bonds. The average Bonchev–Trinajstić information content (AvgIpc) is 2.78. The van der Waals surface area contributed by atoms with E-state index in [9.17, 15) is 8.42 Å². The number of hydrogen-bond donors (Lipinski definition) is 1. The van der Waals surface area contributed by atoms with E-state index >= 15 is 0 Å². The highest BCUT2D eigenvalue weighted by molar-refractivity contribution is 7.89. The Bertz CT molecular complexity index is 831. The molecule has 2 heterocycles. The first-order valence-corrected chi connectivity index (χ1v) is 11.4. The van der Waals surface area contributed by atoms with Crippen LogP contribution >= 0.6 is 0 Å². The predicted molar refractivity (Wildman–Crippen MR) is 109 cm³/mol. The third-order valence-electron chi connectivity index (χ3n) is 4.83. The third-order valence-corrected chi connectivity index (χ3v) is 6.25. The highest BCUT2D eigenvalue weighted by Gasteiger charge is 2.42. The molecule has 0 aromatic heterocycles. The van der Waals surface area contributed by atoms with Crippen molar-refractivity contribution in [3.63, 3.8) is 0 Å². The van der Waals surface area contributed by atoms with E-state index in [1.165, 1.54) is 0 Å². The van der Waals surface area contributed by atoms with Crippen LogP contribution in [0.15, 0.2) is 40.8 Å². The fourth-order valence-corrected chi connectivity index (χ4v) is 4.39. The normalized spacial score (nSPS) is 27.2. The lowest BCUT2D eigenvalue weighted by Crippen LogP contribution is -2.52.